The molecule has 0 atom stereocenters. The summed E-state index contributed by atoms with van der Waals surface area (Å²) < 4.78 is 5.60. The SMILES string of the molecule is Cc1ccc2c(CC(=O)NCc3nc(C(=O)O)cs3)coc2c1C. The van der Waals surface area contributed by atoms with Gasteiger partial charge in [-0.15, -0.1) is 11.3 Å². The number of hydrogen-bond donors (Lipinski definition) is 2. The van der Waals surface area contributed by atoms with Gasteiger partial charge in [0.05, 0.1) is 19.2 Å². The molecule has 0 aliphatic rings. The Kier molecular flexibility index (Phi) is 4.35. The lowest BCUT2D eigenvalue weighted by Crippen LogP contribution is -2.24. The molecule has 0 saturated carbocycles. The average molecular weight is 344 g/mol. The van der Waals surface area contributed by atoms with Crippen LogP contribution in [0.4, 0.5) is 0 Å². The van der Waals surface area contributed by atoms with Crippen LogP contribution in [0.2, 0.25) is 0 Å². The number of amides is 1. The van der Waals surface area contributed by atoms with Gasteiger partial charge in [-0.25, -0.2) is 9.78 Å². The number of carboxylic acid groups (broad SMARTS) is 1. The molecule has 1 amide bonds. The fourth-order valence-electron chi connectivity index (χ4n) is 2.43. The second-order valence-electron chi connectivity index (χ2n) is 5.53. The van der Waals surface area contributed by atoms with Crippen molar-refractivity contribution in [2.24, 2.45) is 0 Å². The van der Waals surface area contributed by atoms with Gasteiger partial charge in [0.25, 0.3) is 0 Å². The van der Waals surface area contributed by atoms with Crippen LogP contribution in [-0.4, -0.2) is 22.0 Å². The van der Waals surface area contributed by atoms with Crippen LogP contribution in [-0.2, 0) is 17.8 Å². The molecule has 3 aromatic rings. The van der Waals surface area contributed by atoms with Crippen molar-refractivity contribution in [3.8, 4) is 0 Å². The summed E-state index contributed by atoms with van der Waals surface area (Å²) in [5.74, 6) is -1.23. The van der Waals surface area contributed by atoms with Crippen molar-refractivity contribution in [2.45, 2.75) is 26.8 Å². The van der Waals surface area contributed by atoms with Gasteiger partial charge in [-0.1, -0.05) is 12.1 Å². The maximum atomic E-state index is 12.1. The number of rotatable bonds is 5. The maximum absolute atomic E-state index is 12.1. The molecular weight excluding hydrogens is 328 g/mol. The lowest BCUT2D eigenvalue weighted by molar-refractivity contribution is -0.120. The van der Waals surface area contributed by atoms with Crippen LogP contribution in [0, 0.1) is 13.8 Å². The Bertz CT molecular complexity index is 926. The van der Waals surface area contributed by atoms with Crippen molar-refractivity contribution in [3.63, 3.8) is 0 Å². The molecule has 24 heavy (non-hydrogen) atoms. The summed E-state index contributed by atoms with van der Waals surface area (Å²) in [7, 11) is 0. The number of benzene rings is 1. The third kappa shape index (κ3) is 3.16. The Morgan fingerprint density at radius 1 is 1.33 bits per heavy atom. The largest absolute Gasteiger partial charge is 0.476 e. The minimum absolute atomic E-state index is 0.00378. The van der Waals surface area contributed by atoms with E-state index < -0.39 is 5.97 Å². The van der Waals surface area contributed by atoms with Gasteiger partial charge in [-0.2, -0.15) is 0 Å². The molecule has 1 aromatic carbocycles. The Balaban J connectivity index is 1.66. The Hall–Kier alpha value is -2.67. The first-order valence-corrected chi connectivity index (χ1v) is 8.24. The number of carbonyl (C=O) groups is 2. The summed E-state index contributed by atoms with van der Waals surface area (Å²) in [5, 5.41) is 14.5. The van der Waals surface area contributed by atoms with Crippen LogP contribution < -0.4 is 5.32 Å². The molecule has 0 saturated heterocycles. The number of nitrogens with zero attached hydrogens (tertiary/aromatic N) is 1. The predicted molar refractivity (Wildman–Crippen MR) is 90.3 cm³/mol. The predicted octanol–water partition coefficient (Wildman–Crippen LogP) is 3.06. The van der Waals surface area contributed by atoms with E-state index in [2.05, 4.69) is 10.3 Å². The first-order chi connectivity index (χ1) is 11.5. The van der Waals surface area contributed by atoms with Crippen LogP contribution in [0.3, 0.4) is 0 Å². The summed E-state index contributed by atoms with van der Waals surface area (Å²) in [6, 6.07) is 3.97. The summed E-state index contributed by atoms with van der Waals surface area (Å²) in [4.78, 5) is 26.8. The fraction of sp³-hybridized carbons (Fsp3) is 0.235. The Morgan fingerprint density at radius 2 is 2.12 bits per heavy atom. The highest BCUT2D eigenvalue weighted by Gasteiger charge is 2.14. The molecule has 2 aromatic heterocycles. The van der Waals surface area contributed by atoms with E-state index in [0.29, 0.717) is 5.01 Å². The number of thiazole rings is 1. The summed E-state index contributed by atoms with van der Waals surface area (Å²) >= 11 is 1.21. The molecule has 3 rings (SSSR count). The van der Waals surface area contributed by atoms with E-state index in [-0.39, 0.29) is 24.6 Å². The van der Waals surface area contributed by atoms with Crippen LogP contribution in [0.5, 0.6) is 0 Å². The topological polar surface area (TPSA) is 92.4 Å². The van der Waals surface area contributed by atoms with Gasteiger partial charge >= 0.3 is 5.97 Å². The van der Waals surface area contributed by atoms with Gasteiger partial charge in [-0.05, 0) is 25.0 Å². The first-order valence-electron chi connectivity index (χ1n) is 7.36. The molecule has 2 heterocycles. The van der Waals surface area contributed by atoms with Gasteiger partial charge in [0.2, 0.25) is 5.91 Å². The smallest absolute Gasteiger partial charge is 0.355 e. The highest BCUT2D eigenvalue weighted by molar-refractivity contribution is 7.09. The molecule has 0 spiro atoms. The molecule has 6 nitrogen and oxygen atoms in total. The van der Waals surface area contributed by atoms with Gasteiger partial charge in [-0.3, -0.25) is 4.79 Å². The third-order valence-electron chi connectivity index (χ3n) is 3.90. The molecule has 0 aliphatic heterocycles. The van der Waals surface area contributed by atoms with E-state index in [0.717, 1.165) is 27.7 Å². The van der Waals surface area contributed by atoms with Crippen molar-refractivity contribution in [3.05, 3.63) is 51.2 Å². The number of aromatic carboxylic acids is 1. The molecule has 0 aliphatic carbocycles. The molecule has 0 radical (unpaired) electrons. The number of aryl methyl sites for hydroxylation is 2. The standard InChI is InChI=1S/C17H16N2O4S/c1-9-3-4-12-11(7-23-16(12)10(9)2)5-14(20)18-6-15-19-13(8-24-15)17(21)22/h3-4,7-8H,5-6H2,1-2H3,(H,18,20)(H,21,22). The van der Waals surface area contributed by atoms with Crippen molar-refractivity contribution in [2.75, 3.05) is 0 Å². The van der Waals surface area contributed by atoms with Crippen molar-refractivity contribution in [1.82, 2.24) is 10.3 Å². The second kappa shape index (κ2) is 6.45. The summed E-state index contributed by atoms with van der Waals surface area (Å²) in [6.45, 7) is 4.22. The number of hydrogen-bond acceptors (Lipinski definition) is 5. The quantitative estimate of drug-likeness (QED) is 0.742. The lowest BCUT2D eigenvalue weighted by atomic mass is 10.0. The Morgan fingerprint density at radius 3 is 2.83 bits per heavy atom. The molecule has 0 bridgehead atoms. The number of fused-ring (bicyclic) bond motifs is 1. The number of nitrogens with one attached hydrogen (secondary N) is 1. The van der Waals surface area contributed by atoms with E-state index in [1.54, 1.807) is 6.26 Å². The molecule has 0 fully saturated rings. The van der Waals surface area contributed by atoms with E-state index in [1.807, 2.05) is 26.0 Å². The van der Waals surface area contributed by atoms with Gasteiger partial charge in [0.1, 0.15) is 10.6 Å². The summed E-state index contributed by atoms with van der Waals surface area (Å²) in [5.41, 5.74) is 3.85. The van der Waals surface area contributed by atoms with Crippen molar-refractivity contribution < 1.29 is 19.1 Å². The van der Waals surface area contributed by atoms with Crippen molar-refractivity contribution >= 4 is 34.2 Å². The minimum Gasteiger partial charge on any atom is -0.476 e. The van der Waals surface area contributed by atoms with Crippen LogP contribution in [0.25, 0.3) is 11.0 Å². The fourth-order valence-corrected chi connectivity index (χ4v) is 3.13. The highest BCUT2D eigenvalue weighted by Crippen LogP contribution is 2.26. The third-order valence-corrected chi connectivity index (χ3v) is 4.75. The second-order valence-corrected chi connectivity index (χ2v) is 6.47. The van der Waals surface area contributed by atoms with Crippen LogP contribution in [0.15, 0.2) is 28.2 Å². The zero-order valence-electron chi connectivity index (χ0n) is 13.3. The average Bonchev–Trinajstić information content (AvgIpc) is 3.17. The van der Waals surface area contributed by atoms with Crippen LogP contribution >= 0.6 is 11.3 Å². The number of furan rings is 1. The highest BCUT2D eigenvalue weighted by atomic mass is 32.1. The maximum Gasteiger partial charge on any atom is 0.355 e. The zero-order valence-corrected chi connectivity index (χ0v) is 14.1. The molecule has 2 N–H and O–H groups in total. The Labute approximate surface area is 142 Å². The minimum atomic E-state index is -1.07. The molecule has 0 unspecified atom stereocenters. The van der Waals surface area contributed by atoms with Crippen molar-refractivity contribution in [1.29, 1.82) is 0 Å². The van der Waals surface area contributed by atoms with Gasteiger partial charge < -0.3 is 14.8 Å². The number of aromatic nitrogens is 1. The monoisotopic (exact) mass is 344 g/mol. The number of carbonyl (C=O) groups excluding carboxylic acids is 1. The molecule has 7 heteroatoms. The first kappa shape index (κ1) is 16.2. The van der Waals surface area contributed by atoms with Gasteiger partial charge in [0, 0.05) is 16.3 Å². The number of carboxylic acids is 1. The van der Waals surface area contributed by atoms with Gasteiger partial charge in [0.15, 0.2) is 5.69 Å². The molecular formula is C17H16N2O4S. The normalized spacial score (nSPS) is 10.9. The van der Waals surface area contributed by atoms with E-state index in [9.17, 15) is 9.59 Å². The van der Waals surface area contributed by atoms with E-state index in [4.69, 9.17) is 9.52 Å². The lowest BCUT2D eigenvalue weighted by Gasteiger charge is -2.03. The zero-order chi connectivity index (χ0) is 17.3. The van der Waals surface area contributed by atoms with E-state index in [1.165, 1.54) is 16.7 Å². The summed E-state index contributed by atoms with van der Waals surface area (Å²) in [6.07, 6.45) is 1.81. The molecule has 124 valence electrons. The van der Waals surface area contributed by atoms with Crippen LogP contribution in [0.1, 0.15) is 32.2 Å². The van der Waals surface area contributed by atoms with E-state index >= 15 is 0 Å².